The maximum atomic E-state index is 12.8. The predicted molar refractivity (Wildman–Crippen MR) is 99.8 cm³/mol. The van der Waals surface area contributed by atoms with Crippen molar-refractivity contribution in [1.82, 2.24) is 4.57 Å². The lowest BCUT2D eigenvalue weighted by Gasteiger charge is -2.26. The highest BCUT2D eigenvalue weighted by Gasteiger charge is 2.31. The Morgan fingerprint density at radius 3 is 2.50 bits per heavy atom. The maximum Gasteiger partial charge on any atom is 0.416 e. The number of para-hydroxylation sites is 2. The molecule has 4 nitrogen and oxygen atoms in total. The number of hydrogen-bond donors (Lipinski definition) is 0. The zero-order chi connectivity index (χ0) is 19.7. The Kier molecular flexibility index (Phi) is 4.77. The number of halogens is 3. The summed E-state index contributed by atoms with van der Waals surface area (Å²) in [7, 11) is 1.63. The summed E-state index contributed by atoms with van der Waals surface area (Å²) in [5.74, 6) is 0.764. The van der Waals surface area contributed by atoms with E-state index in [4.69, 9.17) is 9.47 Å². The molecule has 0 N–H and O–H groups in total. The topological polar surface area (TPSA) is 26.6 Å². The number of alkyl halides is 3. The van der Waals surface area contributed by atoms with E-state index < -0.39 is 11.7 Å². The Labute approximate surface area is 160 Å². The molecule has 2 aromatic carbocycles. The lowest BCUT2D eigenvalue weighted by Crippen LogP contribution is -2.23. The molecule has 146 valence electrons. The summed E-state index contributed by atoms with van der Waals surface area (Å²) in [5, 5.41) is 0. The molecule has 0 radical (unpaired) electrons. The summed E-state index contributed by atoms with van der Waals surface area (Å²) in [6, 6.07) is 14.7. The zero-order valence-corrected chi connectivity index (χ0v) is 15.2. The average Bonchev–Trinajstić information content (AvgIpc) is 3.36. The fraction of sp³-hybridized carbons (Fsp3) is 0.238. The molecule has 1 aliphatic rings. The van der Waals surface area contributed by atoms with Gasteiger partial charge in [-0.1, -0.05) is 12.1 Å². The van der Waals surface area contributed by atoms with E-state index in [1.807, 2.05) is 42.7 Å². The lowest BCUT2D eigenvalue weighted by atomic mass is 10.2. The van der Waals surface area contributed by atoms with Gasteiger partial charge in [-0.05, 0) is 42.5 Å². The largest absolute Gasteiger partial charge is 0.495 e. The van der Waals surface area contributed by atoms with E-state index in [0.717, 1.165) is 35.7 Å². The molecule has 2 heterocycles. The van der Waals surface area contributed by atoms with E-state index >= 15 is 0 Å². The summed E-state index contributed by atoms with van der Waals surface area (Å²) < 4.78 is 51.4. The molecule has 4 rings (SSSR count). The minimum atomic E-state index is -4.34. The van der Waals surface area contributed by atoms with Gasteiger partial charge in [-0.25, -0.2) is 0 Å². The highest BCUT2D eigenvalue weighted by molar-refractivity contribution is 5.60. The Balaban J connectivity index is 1.60. The molecular formula is C21H19F3N2O2. The van der Waals surface area contributed by atoms with Gasteiger partial charge in [0, 0.05) is 30.2 Å². The van der Waals surface area contributed by atoms with Gasteiger partial charge in [-0.15, -0.1) is 0 Å². The van der Waals surface area contributed by atoms with E-state index in [1.54, 1.807) is 11.7 Å². The van der Waals surface area contributed by atoms with Gasteiger partial charge < -0.3 is 18.9 Å². The van der Waals surface area contributed by atoms with Crippen LogP contribution in [0.4, 0.5) is 18.9 Å². The quantitative estimate of drug-likeness (QED) is 0.627. The predicted octanol–water partition coefficient (Wildman–Crippen LogP) is 5.04. The van der Waals surface area contributed by atoms with E-state index in [0.29, 0.717) is 12.3 Å². The minimum Gasteiger partial charge on any atom is -0.495 e. The number of ether oxygens (including phenoxy) is 2. The zero-order valence-electron chi connectivity index (χ0n) is 15.2. The van der Waals surface area contributed by atoms with Crippen LogP contribution in [0.25, 0.3) is 5.69 Å². The smallest absolute Gasteiger partial charge is 0.416 e. The normalized spacial score (nSPS) is 17.1. The third kappa shape index (κ3) is 3.45. The molecule has 1 aromatic heterocycles. The molecule has 7 heteroatoms. The van der Waals surface area contributed by atoms with Gasteiger partial charge in [0.1, 0.15) is 5.75 Å². The molecule has 1 atom stereocenters. The number of hydrogen-bond acceptors (Lipinski definition) is 3. The second-order valence-electron chi connectivity index (χ2n) is 6.49. The van der Waals surface area contributed by atoms with Crippen LogP contribution in [0, 0.1) is 0 Å². The van der Waals surface area contributed by atoms with Crippen molar-refractivity contribution in [2.24, 2.45) is 0 Å². The van der Waals surface area contributed by atoms with Gasteiger partial charge in [-0.3, -0.25) is 0 Å². The van der Waals surface area contributed by atoms with E-state index in [-0.39, 0.29) is 6.23 Å². The fourth-order valence-electron chi connectivity index (χ4n) is 3.40. The molecule has 1 saturated heterocycles. The SMILES string of the molecule is COc1ccccc1N1CCOC1c1ccn(-c2ccc(C(F)(F)F)cc2)c1. The van der Waals surface area contributed by atoms with Crippen LogP contribution in [0.5, 0.6) is 5.75 Å². The molecule has 28 heavy (non-hydrogen) atoms. The first-order valence-electron chi connectivity index (χ1n) is 8.84. The van der Waals surface area contributed by atoms with Gasteiger partial charge in [-0.2, -0.15) is 13.2 Å². The first kappa shape index (κ1) is 18.4. The number of nitrogens with zero attached hydrogens (tertiary/aromatic N) is 2. The minimum absolute atomic E-state index is 0.285. The number of rotatable bonds is 4. The summed E-state index contributed by atoms with van der Waals surface area (Å²) >= 11 is 0. The van der Waals surface area contributed by atoms with E-state index in [1.165, 1.54) is 12.1 Å². The standard InChI is InChI=1S/C21H19F3N2O2/c1-27-19-5-3-2-4-18(19)26-12-13-28-20(26)15-10-11-25(14-15)17-8-6-16(7-9-17)21(22,23)24/h2-11,14,20H,12-13H2,1H3. The van der Waals surface area contributed by atoms with Crippen LogP contribution in [0.2, 0.25) is 0 Å². The Bertz CT molecular complexity index is 951. The summed E-state index contributed by atoms with van der Waals surface area (Å²) in [5.41, 5.74) is 1.85. The number of aromatic nitrogens is 1. The van der Waals surface area contributed by atoms with Crippen LogP contribution >= 0.6 is 0 Å². The van der Waals surface area contributed by atoms with Crippen molar-refractivity contribution in [2.45, 2.75) is 12.4 Å². The average molecular weight is 388 g/mol. The number of methoxy groups -OCH3 is 1. The fourth-order valence-corrected chi connectivity index (χ4v) is 3.40. The van der Waals surface area contributed by atoms with Crippen molar-refractivity contribution in [3.05, 3.63) is 78.1 Å². The third-order valence-corrected chi connectivity index (χ3v) is 4.78. The molecule has 3 aromatic rings. The molecule has 0 spiro atoms. The molecule has 0 amide bonds. The highest BCUT2D eigenvalue weighted by Crippen LogP contribution is 2.38. The van der Waals surface area contributed by atoms with Crippen molar-refractivity contribution in [1.29, 1.82) is 0 Å². The van der Waals surface area contributed by atoms with Gasteiger partial charge in [0.15, 0.2) is 6.23 Å². The van der Waals surface area contributed by atoms with Crippen molar-refractivity contribution >= 4 is 5.69 Å². The molecular weight excluding hydrogens is 369 g/mol. The molecule has 0 aliphatic carbocycles. The summed E-state index contributed by atoms with van der Waals surface area (Å²) in [6.45, 7) is 1.30. The van der Waals surface area contributed by atoms with Crippen molar-refractivity contribution in [3.63, 3.8) is 0 Å². The number of anilines is 1. The summed E-state index contributed by atoms with van der Waals surface area (Å²) in [4.78, 5) is 2.12. The molecule has 0 saturated carbocycles. The molecule has 1 fully saturated rings. The molecule has 1 unspecified atom stereocenters. The molecule has 1 aliphatic heterocycles. The van der Waals surface area contributed by atoms with Crippen LogP contribution < -0.4 is 9.64 Å². The van der Waals surface area contributed by atoms with Crippen molar-refractivity contribution in [2.75, 3.05) is 25.2 Å². The van der Waals surface area contributed by atoms with Crippen LogP contribution in [-0.4, -0.2) is 24.8 Å². The van der Waals surface area contributed by atoms with Crippen molar-refractivity contribution < 1.29 is 22.6 Å². The van der Waals surface area contributed by atoms with Crippen LogP contribution in [-0.2, 0) is 10.9 Å². The first-order chi connectivity index (χ1) is 13.5. The third-order valence-electron chi connectivity index (χ3n) is 4.78. The Hall–Kier alpha value is -2.93. The Morgan fingerprint density at radius 1 is 1.04 bits per heavy atom. The van der Waals surface area contributed by atoms with Gasteiger partial charge >= 0.3 is 6.18 Å². The lowest BCUT2D eigenvalue weighted by molar-refractivity contribution is -0.137. The van der Waals surface area contributed by atoms with Gasteiger partial charge in [0.25, 0.3) is 0 Å². The maximum absolute atomic E-state index is 12.8. The Morgan fingerprint density at radius 2 is 1.79 bits per heavy atom. The second kappa shape index (κ2) is 7.24. The van der Waals surface area contributed by atoms with Gasteiger partial charge in [0.05, 0.1) is 25.0 Å². The van der Waals surface area contributed by atoms with Crippen LogP contribution in [0.15, 0.2) is 67.0 Å². The number of benzene rings is 2. The van der Waals surface area contributed by atoms with Gasteiger partial charge in [0.2, 0.25) is 0 Å². The van der Waals surface area contributed by atoms with Crippen LogP contribution in [0.3, 0.4) is 0 Å². The van der Waals surface area contributed by atoms with E-state index in [9.17, 15) is 13.2 Å². The monoisotopic (exact) mass is 388 g/mol. The van der Waals surface area contributed by atoms with Crippen LogP contribution in [0.1, 0.15) is 17.4 Å². The van der Waals surface area contributed by atoms with E-state index in [2.05, 4.69) is 4.90 Å². The summed E-state index contributed by atoms with van der Waals surface area (Å²) in [6.07, 6.45) is -0.930. The second-order valence-corrected chi connectivity index (χ2v) is 6.49. The highest BCUT2D eigenvalue weighted by atomic mass is 19.4. The molecule has 0 bridgehead atoms. The van der Waals surface area contributed by atoms with Crippen molar-refractivity contribution in [3.8, 4) is 11.4 Å². The first-order valence-corrected chi connectivity index (χ1v) is 8.84.